The van der Waals surface area contributed by atoms with Crippen molar-refractivity contribution < 1.29 is 10.2 Å². The van der Waals surface area contributed by atoms with E-state index in [0.717, 1.165) is 21.9 Å². The minimum Gasteiger partial charge on any atom is -0.508 e. The first-order valence-corrected chi connectivity index (χ1v) is 6.20. The van der Waals surface area contributed by atoms with Crippen LogP contribution in [0.15, 0.2) is 66.7 Å². The number of hydrogen-bond donors (Lipinski definition) is 2. The topological polar surface area (TPSA) is 40.5 Å². The van der Waals surface area contributed by atoms with Gasteiger partial charge < -0.3 is 10.2 Å². The van der Waals surface area contributed by atoms with Gasteiger partial charge in [0.25, 0.3) is 0 Å². The van der Waals surface area contributed by atoms with Gasteiger partial charge in [-0.3, -0.25) is 0 Å². The molecule has 0 amide bonds. The lowest BCUT2D eigenvalue weighted by Crippen LogP contribution is -2.00. The molecule has 3 aromatic rings. The Bertz CT molecular complexity index is 697. The number of phenolic OH excluding ortho intramolecular Hbond substituents is 1. The first kappa shape index (κ1) is 11.8. The molecule has 0 radical (unpaired) electrons. The van der Waals surface area contributed by atoms with Crippen molar-refractivity contribution in [3.05, 3.63) is 77.9 Å². The molecule has 3 rings (SSSR count). The third kappa shape index (κ3) is 2.18. The standard InChI is InChI=1S/C17H14O2/c18-14-10-8-13(9-11-14)17(19)16-7-3-5-12-4-1-2-6-15(12)16/h1-11,17-19H. The van der Waals surface area contributed by atoms with Gasteiger partial charge in [-0.15, -0.1) is 0 Å². The maximum Gasteiger partial charge on any atom is 0.115 e. The molecular formula is C17H14O2. The monoisotopic (exact) mass is 250 g/mol. The molecule has 0 fully saturated rings. The molecule has 0 aliphatic carbocycles. The van der Waals surface area contributed by atoms with Crippen molar-refractivity contribution in [2.45, 2.75) is 6.10 Å². The lowest BCUT2D eigenvalue weighted by Gasteiger charge is -2.14. The van der Waals surface area contributed by atoms with Gasteiger partial charge in [-0.1, -0.05) is 54.6 Å². The third-order valence-electron chi connectivity index (χ3n) is 3.33. The van der Waals surface area contributed by atoms with Gasteiger partial charge in [0.05, 0.1) is 0 Å². The molecule has 0 aromatic heterocycles. The second-order valence-corrected chi connectivity index (χ2v) is 4.56. The minimum atomic E-state index is -0.688. The van der Waals surface area contributed by atoms with Gasteiger partial charge in [-0.2, -0.15) is 0 Å². The second-order valence-electron chi connectivity index (χ2n) is 4.56. The Morgan fingerprint density at radius 1 is 0.737 bits per heavy atom. The number of rotatable bonds is 2. The Labute approximate surface area is 111 Å². The third-order valence-corrected chi connectivity index (χ3v) is 3.33. The Morgan fingerprint density at radius 2 is 1.42 bits per heavy atom. The molecule has 3 aromatic carbocycles. The fourth-order valence-corrected chi connectivity index (χ4v) is 2.33. The number of aliphatic hydroxyl groups is 1. The highest BCUT2D eigenvalue weighted by Crippen LogP contribution is 2.29. The van der Waals surface area contributed by atoms with Crippen molar-refractivity contribution in [3.63, 3.8) is 0 Å². The number of phenols is 1. The maximum absolute atomic E-state index is 10.5. The SMILES string of the molecule is Oc1ccc(C(O)c2cccc3ccccc23)cc1. The van der Waals surface area contributed by atoms with Crippen molar-refractivity contribution in [1.82, 2.24) is 0 Å². The Hall–Kier alpha value is -2.32. The fourth-order valence-electron chi connectivity index (χ4n) is 2.33. The number of benzene rings is 3. The smallest absolute Gasteiger partial charge is 0.115 e. The quantitative estimate of drug-likeness (QED) is 0.729. The average Bonchev–Trinajstić information content (AvgIpc) is 2.47. The largest absolute Gasteiger partial charge is 0.508 e. The number of fused-ring (bicyclic) bond motifs is 1. The van der Waals surface area contributed by atoms with Crippen LogP contribution in [-0.4, -0.2) is 10.2 Å². The molecule has 0 aliphatic rings. The second kappa shape index (κ2) is 4.75. The van der Waals surface area contributed by atoms with Crippen LogP contribution in [0.2, 0.25) is 0 Å². The van der Waals surface area contributed by atoms with Gasteiger partial charge in [0, 0.05) is 0 Å². The van der Waals surface area contributed by atoms with Crippen molar-refractivity contribution in [3.8, 4) is 5.75 Å². The lowest BCUT2D eigenvalue weighted by atomic mass is 9.96. The highest BCUT2D eigenvalue weighted by molar-refractivity contribution is 5.86. The highest BCUT2D eigenvalue weighted by Gasteiger charge is 2.13. The summed E-state index contributed by atoms with van der Waals surface area (Å²) in [5.74, 6) is 0.203. The van der Waals surface area contributed by atoms with Crippen molar-refractivity contribution in [2.24, 2.45) is 0 Å². The number of aromatic hydroxyl groups is 1. The van der Waals surface area contributed by atoms with Crippen LogP contribution in [0, 0.1) is 0 Å². The number of hydrogen-bond acceptors (Lipinski definition) is 2. The van der Waals surface area contributed by atoms with E-state index >= 15 is 0 Å². The highest BCUT2D eigenvalue weighted by atomic mass is 16.3. The molecule has 1 unspecified atom stereocenters. The van der Waals surface area contributed by atoms with Gasteiger partial charge in [-0.25, -0.2) is 0 Å². The van der Waals surface area contributed by atoms with Gasteiger partial charge >= 0.3 is 0 Å². The molecule has 2 heteroatoms. The lowest BCUT2D eigenvalue weighted by molar-refractivity contribution is 0.222. The molecule has 1 atom stereocenters. The number of aliphatic hydroxyl groups excluding tert-OH is 1. The zero-order valence-electron chi connectivity index (χ0n) is 10.3. The van der Waals surface area contributed by atoms with Crippen molar-refractivity contribution >= 4 is 10.8 Å². The van der Waals surface area contributed by atoms with Gasteiger partial charge in [-0.05, 0) is 34.0 Å². The van der Waals surface area contributed by atoms with Crippen LogP contribution in [0.3, 0.4) is 0 Å². The van der Waals surface area contributed by atoms with Crippen LogP contribution in [0.5, 0.6) is 5.75 Å². The Morgan fingerprint density at radius 3 is 2.21 bits per heavy atom. The van der Waals surface area contributed by atoms with Crippen LogP contribution in [-0.2, 0) is 0 Å². The molecule has 19 heavy (non-hydrogen) atoms. The summed E-state index contributed by atoms with van der Waals surface area (Å²) in [5.41, 5.74) is 1.65. The maximum atomic E-state index is 10.5. The van der Waals surface area contributed by atoms with E-state index < -0.39 is 6.10 Å². The summed E-state index contributed by atoms with van der Waals surface area (Å²) in [4.78, 5) is 0. The molecule has 0 saturated heterocycles. The summed E-state index contributed by atoms with van der Waals surface area (Å²) in [7, 11) is 0. The summed E-state index contributed by atoms with van der Waals surface area (Å²) >= 11 is 0. The van der Waals surface area contributed by atoms with Gasteiger partial charge in [0.2, 0.25) is 0 Å². The molecular weight excluding hydrogens is 236 g/mol. The van der Waals surface area contributed by atoms with Gasteiger partial charge in [0.15, 0.2) is 0 Å². The van der Waals surface area contributed by atoms with E-state index in [4.69, 9.17) is 0 Å². The Balaban J connectivity index is 2.11. The van der Waals surface area contributed by atoms with Crippen LogP contribution < -0.4 is 0 Å². The van der Waals surface area contributed by atoms with Crippen LogP contribution in [0.1, 0.15) is 17.2 Å². The zero-order chi connectivity index (χ0) is 13.2. The molecule has 0 aliphatic heterocycles. The first-order chi connectivity index (χ1) is 9.25. The van der Waals surface area contributed by atoms with E-state index in [-0.39, 0.29) is 5.75 Å². The average molecular weight is 250 g/mol. The van der Waals surface area contributed by atoms with E-state index in [2.05, 4.69) is 0 Å². The molecule has 94 valence electrons. The van der Waals surface area contributed by atoms with Crippen LogP contribution >= 0.6 is 0 Å². The molecule has 0 saturated carbocycles. The first-order valence-electron chi connectivity index (χ1n) is 6.20. The van der Waals surface area contributed by atoms with Crippen molar-refractivity contribution in [2.75, 3.05) is 0 Å². The summed E-state index contributed by atoms with van der Waals surface area (Å²) in [6.45, 7) is 0. The van der Waals surface area contributed by atoms with E-state index in [1.54, 1.807) is 24.3 Å². The van der Waals surface area contributed by atoms with Crippen LogP contribution in [0.4, 0.5) is 0 Å². The summed E-state index contributed by atoms with van der Waals surface area (Å²) in [6.07, 6.45) is -0.688. The Kier molecular flexibility index (Phi) is 2.94. The zero-order valence-corrected chi connectivity index (χ0v) is 10.3. The van der Waals surface area contributed by atoms with Crippen molar-refractivity contribution in [1.29, 1.82) is 0 Å². The predicted molar refractivity (Wildman–Crippen MR) is 76.1 cm³/mol. The summed E-state index contributed by atoms with van der Waals surface area (Å²) in [5, 5.41) is 22.0. The summed E-state index contributed by atoms with van der Waals surface area (Å²) in [6, 6.07) is 20.5. The molecule has 0 spiro atoms. The van der Waals surface area contributed by atoms with E-state index in [0.29, 0.717) is 0 Å². The normalized spacial score (nSPS) is 12.5. The summed E-state index contributed by atoms with van der Waals surface area (Å²) < 4.78 is 0. The molecule has 2 N–H and O–H groups in total. The molecule has 2 nitrogen and oxygen atoms in total. The predicted octanol–water partition coefficient (Wildman–Crippen LogP) is 3.63. The van der Waals surface area contributed by atoms with Crippen LogP contribution in [0.25, 0.3) is 10.8 Å². The molecule has 0 heterocycles. The van der Waals surface area contributed by atoms with E-state index in [9.17, 15) is 10.2 Å². The van der Waals surface area contributed by atoms with E-state index in [1.807, 2.05) is 42.5 Å². The van der Waals surface area contributed by atoms with E-state index in [1.165, 1.54) is 0 Å². The molecule has 0 bridgehead atoms. The van der Waals surface area contributed by atoms with Gasteiger partial charge in [0.1, 0.15) is 11.9 Å². The minimum absolute atomic E-state index is 0.203. The fraction of sp³-hybridized carbons (Fsp3) is 0.0588.